The van der Waals surface area contributed by atoms with Crippen molar-refractivity contribution in [3.05, 3.63) is 48.0 Å². The van der Waals surface area contributed by atoms with E-state index in [-0.39, 0.29) is 0 Å². The topological polar surface area (TPSA) is 0 Å². The van der Waals surface area contributed by atoms with Crippen molar-refractivity contribution >= 4 is 26.7 Å². The average Bonchev–Trinajstić information content (AvgIpc) is 2.35. The summed E-state index contributed by atoms with van der Waals surface area (Å²) in [7, 11) is 0. The molecule has 0 heterocycles. The molecule has 0 bridgehead atoms. The molecule has 0 aliphatic rings. The Morgan fingerprint density at radius 3 is 2.41 bits per heavy atom. The molecule has 1 unspecified atom stereocenters. The molecular weight excluding hydrogens is 272 g/mol. The highest BCUT2D eigenvalue weighted by Gasteiger charge is 2.13. The fraction of sp³-hybridized carbons (Fsp3) is 0.375. The number of fused-ring (bicyclic) bond motifs is 1. The van der Waals surface area contributed by atoms with Crippen molar-refractivity contribution in [1.82, 2.24) is 0 Å². The van der Waals surface area contributed by atoms with Crippen molar-refractivity contribution in [2.24, 2.45) is 11.8 Å². The minimum Gasteiger partial charge on any atom is -0.0925 e. The molecule has 0 nitrogen and oxygen atoms in total. The summed E-state index contributed by atoms with van der Waals surface area (Å²) in [6.07, 6.45) is 1.16. The van der Waals surface area contributed by atoms with Gasteiger partial charge in [-0.3, -0.25) is 0 Å². The second kappa shape index (κ2) is 5.68. The Hall–Kier alpha value is -0.820. The Balaban J connectivity index is 2.35. The van der Waals surface area contributed by atoms with Gasteiger partial charge in [0.15, 0.2) is 0 Å². The monoisotopic (exact) mass is 290 g/mol. The number of rotatable bonds is 4. The minimum atomic E-state index is 0.709. The molecule has 0 aliphatic heterocycles. The highest BCUT2D eigenvalue weighted by molar-refractivity contribution is 9.09. The van der Waals surface area contributed by atoms with Gasteiger partial charge in [-0.15, -0.1) is 0 Å². The normalized spacial score (nSPS) is 13.2. The number of benzene rings is 2. The summed E-state index contributed by atoms with van der Waals surface area (Å²) < 4.78 is 0. The van der Waals surface area contributed by atoms with E-state index in [0.29, 0.717) is 11.8 Å². The van der Waals surface area contributed by atoms with Crippen molar-refractivity contribution in [3.8, 4) is 0 Å². The zero-order valence-electron chi connectivity index (χ0n) is 10.5. The molecule has 0 aliphatic carbocycles. The lowest BCUT2D eigenvalue weighted by atomic mass is 9.89. The van der Waals surface area contributed by atoms with E-state index in [1.165, 1.54) is 16.3 Å². The summed E-state index contributed by atoms with van der Waals surface area (Å²) in [4.78, 5) is 0. The SMILES string of the molecule is CC(C)C(CBr)Cc1cccc2ccccc12. The zero-order chi connectivity index (χ0) is 12.3. The molecule has 0 aromatic heterocycles. The van der Waals surface area contributed by atoms with Crippen LogP contribution in [0.3, 0.4) is 0 Å². The largest absolute Gasteiger partial charge is 0.0925 e. The van der Waals surface area contributed by atoms with Crippen LogP contribution in [0.15, 0.2) is 42.5 Å². The molecule has 90 valence electrons. The zero-order valence-corrected chi connectivity index (χ0v) is 12.1. The smallest absolute Gasteiger partial charge is 0.00652 e. The predicted octanol–water partition coefficient (Wildman–Crippen LogP) is 5.05. The molecule has 1 heteroatoms. The van der Waals surface area contributed by atoms with Crippen molar-refractivity contribution in [2.75, 3.05) is 5.33 Å². The van der Waals surface area contributed by atoms with Gasteiger partial charge in [0.2, 0.25) is 0 Å². The van der Waals surface area contributed by atoms with Crippen LogP contribution in [0.25, 0.3) is 10.8 Å². The molecule has 0 radical (unpaired) electrons. The van der Waals surface area contributed by atoms with Crippen molar-refractivity contribution in [3.63, 3.8) is 0 Å². The van der Waals surface area contributed by atoms with Crippen LogP contribution in [0.4, 0.5) is 0 Å². The molecule has 0 amide bonds. The van der Waals surface area contributed by atoms with Crippen molar-refractivity contribution in [1.29, 1.82) is 0 Å². The van der Waals surface area contributed by atoms with E-state index >= 15 is 0 Å². The summed E-state index contributed by atoms with van der Waals surface area (Å²) in [6.45, 7) is 4.61. The number of hydrogen-bond donors (Lipinski definition) is 0. The first-order valence-corrected chi connectivity index (χ1v) is 7.37. The van der Waals surface area contributed by atoms with E-state index in [1.54, 1.807) is 0 Å². The molecule has 0 saturated carbocycles. The maximum atomic E-state index is 3.64. The summed E-state index contributed by atoms with van der Waals surface area (Å²) in [5, 5.41) is 3.83. The first kappa shape index (κ1) is 12.6. The molecule has 2 aromatic rings. The van der Waals surface area contributed by atoms with Crippen LogP contribution in [0.1, 0.15) is 19.4 Å². The Kier molecular flexibility index (Phi) is 4.22. The van der Waals surface area contributed by atoms with Gasteiger partial charge in [0, 0.05) is 5.33 Å². The van der Waals surface area contributed by atoms with Gasteiger partial charge in [0.25, 0.3) is 0 Å². The fourth-order valence-corrected chi connectivity index (χ4v) is 3.20. The van der Waals surface area contributed by atoms with E-state index in [9.17, 15) is 0 Å². The third kappa shape index (κ3) is 2.90. The van der Waals surface area contributed by atoms with E-state index in [1.807, 2.05) is 0 Å². The van der Waals surface area contributed by atoms with E-state index in [2.05, 4.69) is 72.2 Å². The van der Waals surface area contributed by atoms with Crippen LogP contribution in [-0.2, 0) is 6.42 Å². The van der Waals surface area contributed by atoms with Crippen LogP contribution in [0.2, 0.25) is 0 Å². The molecule has 0 N–H and O–H groups in total. The van der Waals surface area contributed by atoms with Gasteiger partial charge >= 0.3 is 0 Å². The van der Waals surface area contributed by atoms with Crippen LogP contribution in [0.5, 0.6) is 0 Å². The highest BCUT2D eigenvalue weighted by Crippen LogP contribution is 2.25. The molecular formula is C16H19Br. The van der Waals surface area contributed by atoms with E-state index in [4.69, 9.17) is 0 Å². The van der Waals surface area contributed by atoms with Crippen molar-refractivity contribution < 1.29 is 0 Å². The average molecular weight is 291 g/mol. The summed E-state index contributed by atoms with van der Waals surface area (Å²) >= 11 is 3.64. The molecule has 0 saturated heterocycles. The molecule has 2 aromatic carbocycles. The van der Waals surface area contributed by atoms with Gasteiger partial charge in [-0.25, -0.2) is 0 Å². The van der Waals surface area contributed by atoms with Crippen LogP contribution < -0.4 is 0 Å². The van der Waals surface area contributed by atoms with Crippen LogP contribution in [0, 0.1) is 11.8 Å². The first-order valence-electron chi connectivity index (χ1n) is 6.25. The van der Waals surface area contributed by atoms with Gasteiger partial charge in [-0.05, 0) is 34.6 Å². The Bertz CT molecular complexity index is 482. The van der Waals surface area contributed by atoms with Crippen LogP contribution in [-0.4, -0.2) is 5.33 Å². The molecule has 1 atom stereocenters. The molecule has 0 fully saturated rings. The molecule has 0 spiro atoms. The lowest BCUT2D eigenvalue weighted by molar-refractivity contribution is 0.428. The highest BCUT2D eigenvalue weighted by atomic mass is 79.9. The van der Waals surface area contributed by atoms with Crippen molar-refractivity contribution in [2.45, 2.75) is 20.3 Å². The summed E-state index contributed by atoms with van der Waals surface area (Å²) in [5.74, 6) is 1.43. The second-order valence-corrected chi connectivity index (χ2v) is 5.65. The maximum absolute atomic E-state index is 3.64. The van der Waals surface area contributed by atoms with E-state index < -0.39 is 0 Å². The quantitative estimate of drug-likeness (QED) is 0.691. The molecule has 17 heavy (non-hydrogen) atoms. The third-order valence-corrected chi connectivity index (χ3v) is 4.33. The predicted molar refractivity (Wildman–Crippen MR) is 79.8 cm³/mol. The Labute approximate surface area is 112 Å². The maximum Gasteiger partial charge on any atom is 0.00652 e. The molecule has 2 rings (SSSR count). The first-order chi connectivity index (χ1) is 8.22. The van der Waals surface area contributed by atoms with E-state index in [0.717, 1.165) is 11.8 Å². The van der Waals surface area contributed by atoms with Gasteiger partial charge in [0.05, 0.1) is 0 Å². The standard InChI is InChI=1S/C16H19Br/c1-12(2)15(11-17)10-14-8-5-7-13-6-3-4-9-16(13)14/h3-9,12,15H,10-11H2,1-2H3. The Morgan fingerprint density at radius 2 is 1.71 bits per heavy atom. The van der Waals surface area contributed by atoms with Gasteiger partial charge < -0.3 is 0 Å². The van der Waals surface area contributed by atoms with Gasteiger partial charge in [-0.1, -0.05) is 72.2 Å². The summed E-state index contributed by atoms with van der Waals surface area (Å²) in [6, 6.07) is 15.3. The number of halogens is 1. The van der Waals surface area contributed by atoms with Gasteiger partial charge in [-0.2, -0.15) is 0 Å². The summed E-state index contributed by atoms with van der Waals surface area (Å²) in [5.41, 5.74) is 1.47. The second-order valence-electron chi connectivity index (χ2n) is 5.00. The minimum absolute atomic E-state index is 0.709. The lowest BCUT2D eigenvalue weighted by Gasteiger charge is -2.19. The lowest BCUT2D eigenvalue weighted by Crippen LogP contribution is -2.13. The van der Waals surface area contributed by atoms with Crippen LogP contribution >= 0.6 is 15.9 Å². The fourth-order valence-electron chi connectivity index (χ4n) is 2.22. The number of alkyl halides is 1. The Morgan fingerprint density at radius 1 is 1.00 bits per heavy atom. The number of hydrogen-bond acceptors (Lipinski definition) is 0. The van der Waals surface area contributed by atoms with Gasteiger partial charge in [0.1, 0.15) is 0 Å². The third-order valence-electron chi connectivity index (χ3n) is 3.50.